The smallest absolute Gasteiger partial charge is 0.261 e. The van der Waals surface area contributed by atoms with Crippen LogP contribution in [0.15, 0.2) is 15.9 Å². The largest absolute Gasteiger partial charge is 0.356 e. The molecule has 1 rings (SSSR count). The average molecular weight is 333 g/mol. The predicted octanol–water partition coefficient (Wildman–Crippen LogP) is 2.40. The van der Waals surface area contributed by atoms with Crippen molar-refractivity contribution in [2.24, 2.45) is 5.92 Å². The highest BCUT2D eigenvalue weighted by Gasteiger charge is 2.08. The van der Waals surface area contributed by atoms with Gasteiger partial charge in [-0.25, -0.2) is 0 Å². The molecule has 0 unspecified atom stereocenters. The Kier molecular flexibility index (Phi) is 6.35. The van der Waals surface area contributed by atoms with E-state index >= 15 is 0 Å². The maximum Gasteiger partial charge on any atom is 0.261 e. The number of nitrogens with one attached hydrogen (secondary N) is 2. The van der Waals surface area contributed by atoms with E-state index in [0.717, 1.165) is 3.79 Å². The number of halogens is 1. The lowest BCUT2D eigenvalue weighted by Gasteiger charge is -2.07. The van der Waals surface area contributed by atoms with Gasteiger partial charge in [-0.15, -0.1) is 11.3 Å². The monoisotopic (exact) mass is 332 g/mol. The third-order valence-corrected chi connectivity index (χ3v) is 3.76. The van der Waals surface area contributed by atoms with E-state index < -0.39 is 0 Å². The molecule has 0 aliphatic carbocycles. The Morgan fingerprint density at radius 3 is 2.61 bits per heavy atom. The van der Waals surface area contributed by atoms with Crippen LogP contribution in [0.4, 0.5) is 0 Å². The lowest BCUT2D eigenvalue weighted by Crippen LogP contribution is -2.32. The van der Waals surface area contributed by atoms with Gasteiger partial charge in [0.2, 0.25) is 5.91 Å². The van der Waals surface area contributed by atoms with Gasteiger partial charge in [0, 0.05) is 19.5 Å². The van der Waals surface area contributed by atoms with Crippen molar-refractivity contribution < 1.29 is 9.59 Å². The molecule has 0 saturated carbocycles. The minimum Gasteiger partial charge on any atom is -0.356 e. The SMILES string of the molecule is CC(C)CNC(=O)CCNC(=O)c1ccc(Br)s1. The molecule has 4 nitrogen and oxygen atoms in total. The van der Waals surface area contributed by atoms with Crippen LogP contribution in [0.1, 0.15) is 29.9 Å². The van der Waals surface area contributed by atoms with Gasteiger partial charge in [0.25, 0.3) is 5.91 Å². The Balaban J connectivity index is 2.21. The molecule has 6 heteroatoms. The van der Waals surface area contributed by atoms with Crippen molar-refractivity contribution in [2.75, 3.05) is 13.1 Å². The summed E-state index contributed by atoms with van der Waals surface area (Å²) in [5.74, 6) is 0.269. The number of rotatable bonds is 6. The first-order valence-corrected chi connectivity index (χ1v) is 7.40. The molecule has 1 heterocycles. The van der Waals surface area contributed by atoms with Gasteiger partial charge in [-0.05, 0) is 34.0 Å². The molecule has 0 aliphatic heterocycles. The molecule has 100 valence electrons. The van der Waals surface area contributed by atoms with Crippen molar-refractivity contribution in [3.05, 3.63) is 20.8 Å². The summed E-state index contributed by atoms with van der Waals surface area (Å²) >= 11 is 4.67. The van der Waals surface area contributed by atoms with Crippen LogP contribution in [0.25, 0.3) is 0 Å². The quantitative estimate of drug-likeness (QED) is 0.840. The van der Waals surface area contributed by atoms with Gasteiger partial charge < -0.3 is 10.6 Å². The molecule has 1 aromatic rings. The first-order valence-electron chi connectivity index (χ1n) is 5.79. The van der Waals surface area contributed by atoms with E-state index in [1.807, 2.05) is 19.9 Å². The Bertz CT molecular complexity index is 418. The van der Waals surface area contributed by atoms with Crippen LogP contribution in [-0.4, -0.2) is 24.9 Å². The van der Waals surface area contributed by atoms with E-state index in [9.17, 15) is 9.59 Å². The van der Waals surface area contributed by atoms with Crippen LogP contribution in [-0.2, 0) is 4.79 Å². The lowest BCUT2D eigenvalue weighted by molar-refractivity contribution is -0.121. The zero-order chi connectivity index (χ0) is 13.5. The van der Waals surface area contributed by atoms with Gasteiger partial charge in [-0.2, -0.15) is 0 Å². The molecule has 0 aromatic carbocycles. The van der Waals surface area contributed by atoms with Gasteiger partial charge >= 0.3 is 0 Å². The summed E-state index contributed by atoms with van der Waals surface area (Å²) in [5.41, 5.74) is 0. The normalized spacial score (nSPS) is 10.4. The second-order valence-electron chi connectivity index (χ2n) is 4.31. The molecule has 0 aliphatic rings. The number of hydrogen-bond donors (Lipinski definition) is 2. The summed E-state index contributed by atoms with van der Waals surface area (Å²) in [5, 5.41) is 5.53. The van der Waals surface area contributed by atoms with Crippen LogP contribution >= 0.6 is 27.3 Å². The molecular formula is C12H17BrN2O2S. The minimum atomic E-state index is -0.137. The fraction of sp³-hybridized carbons (Fsp3) is 0.500. The standard InChI is InChI=1S/C12H17BrN2O2S/c1-8(2)7-15-11(16)5-6-14-12(17)9-3-4-10(13)18-9/h3-4,8H,5-7H2,1-2H3,(H,14,17)(H,15,16). The molecule has 1 aromatic heterocycles. The van der Waals surface area contributed by atoms with Crippen LogP contribution in [0.2, 0.25) is 0 Å². The highest BCUT2D eigenvalue weighted by atomic mass is 79.9. The van der Waals surface area contributed by atoms with Crippen molar-refractivity contribution in [3.8, 4) is 0 Å². The van der Waals surface area contributed by atoms with E-state index in [1.165, 1.54) is 11.3 Å². The molecule has 0 fully saturated rings. The molecule has 18 heavy (non-hydrogen) atoms. The average Bonchev–Trinajstić information content (AvgIpc) is 2.73. The van der Waals surface area contributed by atoms with Gasteiger partial charge in [-0.1, -0.05) is 13.8 Å². The second-order valence-corrected chi connectivity index (χ2v) is 6.77. The number of amides is 2. The maximum atomic E-state index is 11.7. The summed E-state index contributed by atoms with van der Waals surface area (Å²) in [6.45, 7) is 5.11. The lowest BCUT2D eigenvalue weighted by atomic mass is 10.2. The molecular weight excluding hydrogens is 316 g/mol. The Morgan fingerprint density at radius 2 is 2.06 bits per heavy atom. The first kappa shape index (κ1) is 15.2. The zero-order valence-corrected chi connectivity index (χ0v) is 12.9. The van der Waals surface area contributed by atoms with Crippen molar-refractivity contribution in [3.63, 3.8) is 0 Å². The van der Waals surface area contributed by atoms with Crippen LogP contribution in [0.5, 0.6) is 0 Å². The minimum absolute atomic E-state index is 0.0311. The van der Waals surface area contributed by atoms with Crippen LogP contribution < -0.4 is 10.6 Å². The molecule has 0 bridgehead atoms. The summed E-state index contributed by atoms with van der Waals surface area (Å²) in [4.78, 5) is 23.7. The van der Waals surface area contributed by atoms with Crippen molar-refractivity contribution >= 4 is 39.1 Å². The van der Waals surface area contributed by atoms with Crippen molar-refractivity contribution in [1.29, 1.82) is 0 Å². The second kappa shape index (κ2) is 7.53. The maximum absolute atomic E-state index is 11.7. The predicted molar refractivity (Wildman–Crippen MR) is 76.8 cm³/mol. The topological polar surface area (TPSA) is 58.2 Å². The number of carbonyl (C=O) groups excluding carboxylic acids is 2. The van der Waals surface area contributed by atoms with E-state index in [2.05, 4.69) is 26.6 Å². The number of carbonyl (C=O) groups is 2. The third kappa shape index (κ3) is 5.64. The Hall–Kier alpha value is -0.880. The van der Waals surface area contributed by atoms with E-state index in [1.54, 1.807) is 6.07 Å². The van der Waals surface area contributed by atoms with Crippen LogP contribution in [0.3, 0.4) is 0 Å². The van der Waals surface area contributed by atoms with Gasteiger partial charge in [-0.3, -0.25) is 9.59 Å². The number of hydrogen-bond acceptors (Lipinski definition) is 3. The first-order chi connectivity index (χ1) is 8.49. The molecule has 2 N–H and O–H groups in total. The fourth-order valence-electron chi connectivity index (χ4n) is 1.22. The molecule has 0 spiro atoms. The summed E-state index contributed by atoms with van der Waals surface area (Å²) < 4.78 is 0.919. The van der Waals surface area contributed by atoms with E-state index in [-0.39, 0.29) is 11.8 Å². The highest BCUT2D eigenvalue weighted by Crippen LogP contribution is 2.21. The third-order valence-electron chi connectivity index (χ3n) is 2.14. The number of thiophene rings is 1. The molecule has 0 saturated heterocycles. The molecule has 0 radical (unpaired) electrons. The Labute approximate surface area is 119 Å². The molecule has 0 atom stereocenters. The summed E-state index contributed by atoms with van der Waals surface area (Å²) in [6, 6.07) is 3.58. The van der Waals surface area contributed by atoms with E-state index in [4.69, 9.17) is 0 Å². The van der Waals surface area contributed by atoms with E-state index in [0.29, 0.717) is 30.3 Å². The summed E-state index contributed by atoms with van der Waals surface area (Å²) in [6.07, 6.45) is 0.311. The summed E-state index contributed by atoms with van der Waals surface area (Å²) in [7, 11) is 0. The highest BCUT2D eigenvalue weighted by molar-refractivity contribution is 9.11. The van der Waals surface area contributed by atoms with Crippen LogP contribution in [0, 0.1) is 5.92 Å². The fourth-order valence-corrected chi connectivity index (χ4v) is 2.52. The Morgan fingerprint density at radius 1 is 1.33 bits per heavy atom. The van der Waals surface area contributed by atoms with Gasteiger partial charge in [0.15, 0.2) is 0 Å². The zero-order valence-electron chi connectivity index (χ0n) is 10.5. The van der Waals surface area contributed by atoms with Gasteiger partial charge in [0.05, 0.1) is 8.66 Å². The van der Waals surface area contributed by atoms with Crippen molar-refractivity contribution in [2.45, 2.75) is 20.3 Å². The van der Waals surface area contributed by atoms with Crippen molar-refractivity contribution in [1.82, 2.24) is 10.6 Å². The molecule has 2 amide bonds. The van der Waals surface area contributed by atoms with Gasteiger partial charge in [0.1, 0.15) is 0 Å².